The summed E-state index contributed by atoms with van der Waals surface area (Å²) in [6.45, 7) is 3.34. The van der Waals surface area contributed by atoms with E-state index >= 15 is 0 Å². The molecule has 1 aromatic heterocycles. The maximum Gasteiger partial charge on any atom is 0.357 e. The Morgan fingerprint density at radius 1 is 1.11 bits per heavy atom. The molecule has 184 valence electrons. The number of amides is 1. The van der Waals surface area contributed by atoms with Gasteiger partial charge in [0, 0.05) is 17.6 Å². The van der Waals surface area contributed by atoms with Crippen molar-refractivity contribution in [3.05, 3.63) is 72.4 Å². The van der Waals surface area contributed by atoms with Crippen LogP contribution >= 0.6 is 0 Å². The molecule has 9 heteroatoms. The van der Waals surface area contributed by atoms with E-state index in [-0.39, 0.29) is 23.2 Å². The first-order chi connectivity index (χ1) is 16.8. The lowest BCUT2D eigenvalue weighted by Crippen LogP contribution is -2.48. The molecule has 8 nitrogen and oxygen atoms in total. The van der Waals surface area contributed by atoms with E-state index in [1.165, 1.54) is 4.68 Å². The number of rotatable bonds is 8. The van der Waals surface area contributed by atoms with E-state index in [4.69, 9.17) is 4.74 Å². The summed E-state index contributed by atoms with van der Waals surface area (Å²) >= 11 is 0. The van der Waals surface area contributed by atoms with E-state index in [1.54, 1.807) is 11.0 Å². The van der Waals surface area contributed by atoms with Crippen LogP contribution in [-0.2, 0) is 19.4 Å². The standard InChI is InChI=1S/C26H29N3O5S/c1-3-19(2)28(22-14-15-35(32,33)18-22)25(30)17-34-26(31)24-16-23(20-10-6-4-7-11-20)27-29(24)21-12-8-5-9-13-21/h4-13,16,19,22H,3,14-15,17-18H2,1-2H3/t19-,22+/m1/s1. The summed E-state index contributed by atoms with van der Waals surface area (Å²) in [5.41, 5.74) is 2.33. The highest BCUT2D eigenvalue weighted by Gasteiger charge is 2.37. The first kappa shape index (κ1) is 24.7. The number of carbonyl (C=O) groups is 2. The van der Waals surface area contributed by atoms with Gasteiger partial charge in [-0.3, -0.25) is 4.79 Å². The van der Waals surface area contributed by atoms with Crippen molar-refractivity contribution in [2.45, 2.75) is 38.8 Å². The summed E-state index contributed by atoms with van der Waals surface area (Å²) in [6.07, 6.45) is 1.06. The summed E-state index contributed by atoms with van der Waals surface area (Å²) in [4.78, 5) is 27.8. The van der Waals surface area contributed by atoms with Gasteiger partial charge in [-0.2, -0.15) is 5.10 Å². The number of para-hydroxylation sites is 1. The number of carbonyl (C=O) groups excluding carboxylic acids is 2. The zero-order valence-electron chi connectivity index (χ0n) is 19.8. The average molecular weight is 496 g/mol. The van der Waals surface area contributed by atoms with Gasteiger partial charge in [0.05, 0.1) is 22.9 Å². The lowest BCUT2D eigenvalue weighted by atomic mass is 10.1. The molecule has 2 aromatic carbocycles. The van der Waals surface area contributed by atoms with Gasteiger partial charge in [0.15, 0.2) is 22.1 Å². The van der Waals surface area contributed by atoms with Gasteiger partial charge in [-0.25, -0.2) is 17.9 Å². The fourth-order valence-electron chi connectivity index (χ4n) is 4.32. The number of benzene rings is 2. The monoisotopic (exact) mass is 495 g/mol. The first-order valence-electron chi connectivity index (χ1n) is 11.7. The van der Waals surface area contributed by atoms with Gasteiger partial charge < -0.3 is 9.64 Å². The number of sulfone groups is 1. The maximum atomic E-state index is 13.1. The zero-order valence-corrected chi connectivity index (χ0v) is 20.6. The molecule has 0 N–H and O–H groups in total. The number of ether oxygens (including phenoxy) is 1. The predicted octanol–water partition coefficient (Wildman–Crippen LogP) is 3.51. The summed E-state index contributed by atoms with van der Waals surface area (Å²) in [5, 5.41) is 4.61. The summed E-state index contributed by atoms with van der Waals surface area (Å²) < 4.78 is 30.9. The third kappa shape index (κ3) is 5.62. The highest BCUT2D eigenvalue weighted by Crippen LogP contribution is 2.24. The Morgan fingerprint density at radius 3 is 2.37 bits per heavy atom. The van der Waals surface area contributed by atoms with Crippen LogP contribution in [0.15, 0.2) is 66.7 Å². The second kappa shape index (κ2) is 10.4. The van der Waals surface area contributed by atoms with E-state index < -0.39 is 34.4 Å². The van der Waals surface area contributed by atoms with Gasteiger partial charge in [0.25, 0.3) is 5.91 Å². The van der Waals surface area contributed by atoms with Gasteiger partial charge in [0.2, 0.25) is 0 Å². The van der Waals surface area contributed by atoms with Crippen LogP contribution in [0.2, 0.25) is 0 Å². The molecule has 0 bridgehead atoms. The normalized spacial score (nSPS) is 17.6. The van der Waals surface area contributed by atoms with Crippen LogP contribution in [0.3, 0.4) is 0 Å². The molecule has 1 fully saturated rings. The Balaban J connectivity index is 1.56. The Bertz CT molecular complexity index is 1290. The van der Waals surface area contributed by atoms with E-state index in [0.29, 0.717) is 24.2 Å². The highest BCUT2D eigenvalue weighted by molar-refractivity contribution is 7.91. The van der Waals surface area contributed by atoms with E-state index in [0.717, 1.165) is 5.56 Å². The molecule has 1 saturated heterocycles. The number of esters is 1. The maximum absolute atomic E-state index is 13.1. The van der Waals surface area contributed by atoms with Gasteiger partial charge in [-0.05, 0) is 38.0 Å². The van der Waals surface area contributed by atoms with Crippen molar-refractivity contribution in [1.29, 1.82) is 0 Å². The van der Waals surface area contributed by atoms with Crippen molar-refractivity contribution >= 4 is 21.7 Å². The van der Waals surface area contributed by atoms with Gasteiger partial charge in [-0.1, -0.05) is 55.5 Å². The van der Waals surface area contributed by atoms with Crippen LogP contribution in [0.1, 0.15) is 37.2 Å². The topological polar surface area (TPSA) is 98.6 Å². The SMILES string of the molecule is CC[C@@H](C)N(C(=O)COC(=O)c1cc(-c2ccccc2)nn1-c1ccccc1)[C@H]1CCS(=O)(=O)C1. The van der Waals surface area contributed by atoms with Crippen LogP contribution in [0.4, 0.5) is 0 Å². The number of aromatic nitrogens is 2. The van der Waals surface area contributed by atoms with Crippen molar-refractivity contribution in [3.63, 3.8) is 0 Å². The number of hydrogen-bond acceptors (Lipinski definition) is 6. The van der Waals surface area contributed by atoms with Crippen molar-refractivity contribution in [3.8, 4) is 16.9 Å². The molecule has 1 aliphatic heterocycles. The largest absolute Gasteiger partial charge is 0.451 e. The average Bonchev–Trinajstić information content (AvgIpc) is 3.47. The summed E-state index contributed by atoms with van der Waals surface area (Å²) in [5.74, 6) is -1.07. The molecule has 1 aliphatic rings. The molecule has 35 heavy (non-hydrogen) atoms. The van der Waals surface area contributed by atoms with Crippen LogP contribution in [-0.4, -0.2) is 65.2 Å². The quantitative estimate of drug-likeness (QED) is 0.444. The Hall–Kier alpha value is -3.46. The predicted molar refractivity (Wildman–Crippen MR) is 133 cm³/mol. The van der Waals surface area contributed by atoms with E-state index in [9.17, 15) is 18.0 Å². The van der Waals surface area contributed by atoms with Gasteiger partial charge in [-0.15, -0.1) is 0 Å². The minimum Gasteiger partial charge on any atom is -0.451 e. The van der Waals surface area contributed by atoms with Crippen LogP contribution in [0.5, 0.6) is 0 Å². The van der Waals surface area contributed by atoms with Crippen molar-refractivity contribution in [2.24, 2.45) is 0 Å². The second-order valence-electron chi connectivity index (χ2n) is 8.72. The molecule has 2 heterocycles. The minimum atomic E-state index is -3.16. The minimum absolute atomic E-state index is 0.0573. The van der Waals surface area contributed by atoms with Crippen LogP contribution < -0.4 is 0 Å². The first-order valence-corrected chi connectivity index (χ1v) is 13.5. The third-order valence-electron chi connectivity index (χ3n) is 6.27. The molecule has 1 amide bonds. The molecular weight excluding hydrogens is 466 g/mol. The Labute approximate surface area is 205 Å². The lowest BCUT2D eigenvalue weighted by Gasteiger charge is -2.33. The van der Waals surface area contributed by atoms with E-state index in [1.807, 2.05) is 74.5 Å². The summed E-state index contributed by atoms with van der Waals surface area (Å²) in [7, 11) is -3.16. The van der Waals surface area contributed by atoms with Crippen LogP contribution in [0, 0.1) is 0 Å². The third-order valence-corrected chi connectivity index (χ3v) is 8.02. The smallest absolute Gasteiger partial charge is 0.357 e. The van der Waals surface area contributed by atoms with Crippen LogP contribution in [0.25, 0.3) is 16.9 Å². The Kier molecular flexibility index (Phi) is 7.35. The second-order valence-corrected chi connectivity index (χ2v) is 10.9. The number of nitrogens with zero attached hydrogens (tertiary/aromatic N) is 3. The van der Waals surface area contributed by atoms with Crippen molar-refractivity contribution in [2.75, 3.05) is 18.1 Å². The Morgan fingerprint density at radius 2 is 1.77 bits per heavy atom. The molecular formula is C26H29N3O5S. The lowest BCUT2D eigenvalue weighted by molar-refractivity contribution is -0.138. The van der Waals surface area contributed by atoms with Gasteiger partial charge in [0.1, 0.15) is 0 Å². The molecule has 0 radical (unpaired) electrons. The number of hydrogen-bond donors (Lipinski definition) is 0. The molecule has 3 aromatic rings. The highest BCUT2D eigenvalue weighted by atomic mass is 32.2. The van der Waals surface area contributed by atoms with E-state index in [2.05, 4.69) is 5.10 Å². The molecule has 0 spiro atoms. The molecule has 0 saturated carbocycles. The summed E-state index contributed by atoms with van der Waals surface area (Å²) in [6, 6.07) is 19.8. The van der Waals surface area contributed by atoms with Gasteiger partial charge >= 0.3 is 5.97 Å². The molecule has 0 aliphatic carbocycles. The fourth-order valence-corrected chi connectivity index (χ4v) is 6.03. The zero-order chi connectivity index (χ0) is 25.0. The van der Waals surface area contributed by atoms with Crippen molar-refractivity contribution in [1.82, 2.24) is 14.7 Å². The fraction of sp³-hybridized carbons (Fsp3) is 0.346. The van der Waals surface area contributed by atoms with Crippen molar-refractivity contribution < 1.29 is 22.7 Å². The molecule has 0 unspecified atom stereocenters. The molecule has 2 atom stereocenters. The molecule has 4 rings (SSSR count).